The van der Waals surface area contributed by atoms with E-state index in [4.69, 9.17) is 4.42 Å². The zero-order valence-corrected chi connectivity index (χ0v) is 16.2. The van der Waals surface area contributed by atoms with E-state index in [0.29, 0.717) is 18.8 Å². The molecule has 0 spiro atoms. The van der Waals surface area contributed by atoms with E-state index in [0.717, 1.165) is 19.3 Å². The normalized spacial score (nSPS) is 15.1. The molecule has 0 atom stereocenters. The Bertz CT molecular complexity index is 919. The molecular weight excluding hydrogens is 382 g/mol. The van der Waals surface area contributed by atoms with E-state index in [1.165, 1.54) is 28.8 Å². The number of piperidine rings is 1. The van der Waals surface area contributed by atoms with Crippen LogP contribution in [-0.4, -0.2) is 44.2 Å². The fourth-order valence-corrected chi connectivity index (χ4v) is 4.56. The maximum Gasteiger partial charge on any atom is 0.286 e. The van der Waals surface area contributed by atoms with Crippen molar-refractivity contribution >= 4 is 27.5 Å². The van der Waals surface area contributed by atoms with Crippen molar-refractivity contribution in [2.24, 2.45) is 0 Å². The molecule has 28 heavy (non-hydrogen) atoms. The first kappa shape index (κ1) is 20.1. The van der Waals surface area contributed by atoms with Crippen molar-refractivity contribution in [3.63, 3.8) is 0 Å². The SMILES string of the molecule is O=C(CCNC(=O)c1ccco1)Nc1cccc(S(=O)(=O)N2CCCCC2)c1. The Morgan fingerprint density at radius 3 is 2.57 bits per heavy atom. The quantitative estimate of drug-likeness (QED) is 0.734. The number of benzene rings is 1. The van der Waals surface area contributed by atoms with Crippen LogP contribution in [0.3, 0.4) is 0 Å². The summed E-state index contributed by atoms with van der Waals surface area (Å²) in [5, 5.41) is 5.25. The highest BCUT2D eigenvalue weighted by molar-refractivity contribution is 7.89. The van der Waals surface area contributed by atoms with Gasteiger partial charge in [0, 0.05) is 31.7 Å². The highest BCUT2D eigenvalue weighted by atomic mass is 32.2. The molecule has 2 aromatic rings. The van der Waals surface area contributed by atoms with E-state index in [-0.39, 0.29) is 29.5 Å². The summed E-state index contributed by atoms with van der Waals surface area (Å²) in [6.45, 7) is 1.18. The average molecular weight is 405 g/mol. The maximum atomic E-state index is 12.7. The van der Waals surface area contributed by atoms with Gasteiger partial charge in [0.1, 0.15) is 0 Å². The Kier molecular flexibility index (Phi) is 6.48. The number of nitrogens with one attached hydrogen (secondary N) is 2. The molecule has 2 amide bonds. The van der Waals surface area contributed by atoms with Crippen LogP contribution in [0.25, 0.3) is 0 Å². The predicted molar refractivity (Wildman–Crippen MR) is 103 cm³/mol. The van der Waals surface area contributed by atoms with Gasteiger partial charge >= 0.3 is 0 Å². The summed E-state index contributed by atoms with van der Waals surface area (Å²) < 4.78 is 31.9. The van der Waals surface area contributed by atoms with E-state index in [1.54, 1.807) is 18.2 Å². The van der Waals surface area contributed by atoms with Gasteiger partial charge < -0.3 is 15.1 Å². The Hall–Kier alpha value is -2.65. The van der Waals surface area contributed by atoms with Gasteiger partial charge in [-0.05, 0) is 43.2 Å². The molecule has 0 unspecified atom stereocenters. The third-order valence-corrected chi connectivity index (χ3v) is 6.35. The maximum absolute atomic E-state index is 12.7. The smallest absolute Gasteiger partial charge is 0.286 e. The highest BCUT2D eigenvalue weighted by Gasteiger charge is 2.26. The molecule has 150 valence electrons. The molecule has 1 fully saturated rings. The summed E-state index contributed by atoms with van der Waals surface area (Å²) in [4.78, 5) is 24.0. The van der Waals surface area contributed by atoms with Crippen LogP contribution in [0.15, 0.2) is 52.0 Å². The molecule has 0 bridgehead atoms. The van der Waals surface area contributed by atoms with Gasteiger partial charge in [-0.25, -0.2) is 8.42 Å². The Labute approximate surface area is 164 Å². The van der Waals surface area contributed by atoms with Crippen LogP contribution in [0.2, 0.25) is 0 Å². The number of anilines is 1. The van der Waals surface area contributed by atoms with Crippen molar-refractivity contribution in [2.75, 3.05) is 25.0 Å². The molecule has 1 aromatic carbocycles. The minimum absolute atomic E-state index is 0.0511. The lowest BCUT2D eigenvalue weighted by atomic mass is 10.2. The Morgan fingerprint density at radius 2 is 1.86 bits per heavy atom. The number of sulfonamides is 1. The Morgan fingerprint density at radius 1 is 1.07 bits per heavy atom. The highest BCUT2D eigenvalue weighted by Crippen LogP contribution is 2.22. The zero-order chi connectivity index (χ0) is 20.0. The number of nitrogens with zero attached hydrogens (tertiary/aromatic N) is 1. The summed E-state index contributed by atoms with van der Waals surface area (Å²) in [6.07, 6.45) is 4.21. The molecule has 2 N–H and O–H groups in total. The average Bonchev–Trinajstić information content (AvgIpc) is 3.24. The van der Waals surface area contributed by atoms with Crippen LogP contribution in [0, 0.1) is 0 Å². The summed E-state index contributed by atoms with van der Waals surface area (Å²) in [5.41, 5.74) is 0.403. The van der Waals surface area contributed by atoms with Crippen LogP contribution in [0.1, 0.15) is 36.2 Å². The number of amides is 2. The van der Waals surface area contributed by atoms with Gasteiger partial charge in [0.05, 0.1) is 11.2 Å². The minimum Gasteiger partial charge on any atom is -0.459 e. The molecular formula is C19H23N3O5S. The molecule has 1 saturated heterocycles. The van der Waals surface area contributed by atoms with E-state index >= 15 is 0 Å². The molecule has 9 heteroatoms. The Balaban J connectivity index is 1.55. The lowest BCUT2D eigenvalue weighted by molar-refractivity contribution is -0.116. The molecule has 3 rings (SSSR count). The number of furan rings is 1. The first-order valence-corrected chi connectivity index (χ1v) is 10.6. The van der Waals surface area contributed by atoms with Crippen molar-refractivity contribution < 1.29 is 22.4 Å². The lowest BCUT2D eigenvalue weighted by Gasteiger charge is -2.26. The summed E-state index contributed by atoms with van der Waals surface area (Å²) >= 11 is 0. The zero-order valence-electron chi connectivity index (χ0n) is 15.4. The third-order valence-electron chi connectivity index (χ3n) is 4.45. The predicted octanol–water partition coefficient (Wildman–Crippen LogP) is 2.21. The lowest BCUT2D eigenvalue weighted by Crippen LogP contribution is -2.35. The summed E-state index contributed by atoms with van der Waals surface area (Å²) in [5.74, 6) is -0.546. The van der Waals surface area contributed by atoms with Gasteiger partial charge in [-0.1, -0.05) is 12.5 Å². The molecule has 1 aromatic heterocycles. The second-order valence-corrected chi connectivity index (χ2v) is 8.46. The molecule has 0 radical (unpaired) electrons. The fourth-order valence-electron chi connectivity index (χ4n) is 3.00. The van der Waals surface area contributed by atoms with Crippen LogP contribution in [-0.2, 0) is 14.8 Å². The molecule has 0 saturated carbocycles. The van der Waals surface area contributed by atoms with Crippen LogP contribution in [0.4, 0.5) is 5.69 Å². The van der Waals surface area contributed by atoms with Gasteiger partial charge in [-0.3, -0.25) is 9.59 Å². The summed E-state index contributed by atoms with van der Waals surface area (Å²) in [7, 11) is -3.56. The van der Waals surface area contributed by atoms with Crippen LogP contribution < -0.4 is 10.6 Å². The summed E-state index contributed by atoms with van der Waals surface area (Å²) in [6, 6.07) is 9.36. The number of hydrogen-bond donors (Lipinski definition) is 2. The fraction of sp³-hybridized carbons (Fsp3) is 0.368. The number of carbonyl (C=O) groups excluding carboxylic acids is 2. The van der Waals surface area contributed by atoms with Gasteiger partial charge in [-0.2, -0.15) is 4.31 Å². The van der Waals surface area contributed by atoms with Crippen molar-refractivity contribution in [1.29, 1.82) is 0 Å². The van der Waals surface area contributed by atoms with Crippen LogP contribution in [0.5, 0.6) is 0 Å². The van der Waals surface area contributed by atoms with Crippen molar-refractivity contribution in [2.45, 2.75) is 30.6 Å². The number of carbonyl (C=O) groups is 2. The van der Waals surface area contributed by atoms with Crippen molar-refractivity contribution in [3.05, 3.63) is 48.4 Å². The van der Waals surface area contributed by atoms with E-state index < -0.39 is 15.9 Å². The van der Waals surface area contributed by atoms with Gasteiger partial charge in [0.15, 0.2) is 5.76 Å². The van der Waals surface area contributed by atoms with Crippen LogP contribution >= 0.6 is 0 Å². The molecule has 1 aliphatic heterocycles. The second kappa shape index (κ2) is 9.03. The topological polar surface area (TPSA) is 109 Å². The molecule has 2 heterocycles. The first-order valence-electron chi connectivity index (χ1n) is 9.18. The van der Waals surface area contributed by atoms with E-state index in [2.05, 4.69) is 10.6 Å². The van der Waals surface area contributed by atoms with E-state index in [1.807, 2.05) is 0 Å². The number of hydrogen-bond acceptors (Lipinski definition) is 5. The molecule has 8 nitrogen and oxygen atoms in total. The third kappa shape index (κ3) is 4.99. The van der Waals surface area contributed by atoms with Crippen molar-refractivity contribution in [1.82, 2.24) is 9.62 Å². The monoisotopic (exact) mass is 405 g/mol. The van der Waals surface area contributed by atoms with Gasteiger partial charge in [0.2, 0.25) is 15.9 Å². The standard InChI is InChI=1S/C19H23N3O5S/c23-18(9-10-20-19(24)17-8-5-13-27-17)21-15-6-4-7-16(14-15)28(25,26)22-11-2-1-3-12-22/h4-8,13-14H,1-3,9-12H2,(H,20,24)(H,21,23). The number of rotatable bonds is 7. The molecule has 1 aliphatic rings. The van der Waals surface area contributed by atoms with E-state index in [9.17, 15) is 18.0 Å². The largest absolute Gasteiger partial charge is 0.459 e. The van der Waals surface area contributed by atoms with Gasteiger partial charge in [0.25, 0.3) is 5.91 Å². The second-order valence-electron chi connectivity index (χ2n) is 6.52. The van der Waals surface area contributed by atoms with Crippen molar-refractivity contribution in [3.8, 4) is 0 Å². The molecule has 0 aliphatic carbocycles. The first-order chi connectivity index (χ1) is 13.5. The minimum atomic E-state index is -3.56. The van der Waals surface area contributed by atoms with Gasteiger partial charge in [-0.15, -0.1) is 0 Å².